The van der Waals surface area contributed by atoms with Crippen LogP contribution < -0.4 is 5.32 Å². The number of carbonyl (C=O) groups is 1. The molecule has 20 heavy (non-hydrogen) atoms. The van der Waals surface area contributed by atoms with Crippen molar-refractivity contribution in [2.45, 2.75) is 45.7 Å². The maximum atomic E-state index is 11.9. The van der Waals surface area contributed by atoms with Crippen molar-refractivity contribution in [3.05, 3.63) is 0 Å². The zero-order valence-electron chi connectivity index (χ0n) is 13.7. The lowest BCUT2D eigenvalue weighted by Crippen LogP contribution is -2.51. The average molecular weight is 285 g/mol. The van der Waals surface area contributed by atoms with Gasteiger partial charge < -0.3 is 19.9 Å². The molecule has 0 aromatic carbocycles. The van der Waals surface area contributed by atoms with E-state index in [2.05, 4.69) is 19.2 Å². The van der Waals surface area contributed by atoms with E-state index in [1.807, 2.05) is 25.9 Å². The quantitative estimate of drug-likeness (QED) is 0.809. The van der Waals surface area contributed by atoms with Gasteiger partial charge in [0.1, 0.15) is 0 Å². The average Bonchev–Trinajstić information content (AvgIpc) is 2.42. The second-order valence-electron chi connectivity index (χ2n) is 6.11. The van der Waals surface area contributed by atoms with E-state index in [1.165, 1.54) is 0 Å². The highest BCUT2D eigenvalue weighted by atomic mass is 16.5. The van der Waals surface area contributed by atoms with E-state index in [9.17, 15) is 4.79 Å². The van der Waals surface area contributed by atoms with E-state index in [0.29, 0.717) is 18.0 Å². The molecule has 0 spiro atoms. The van der Waals surface area contributed by atoms with Gasteiger partial charge in [-0.2, -0.15) is 0 Å². The van der Waals surface area contributed by atoms with Crippen LogP contribution in [0.25, 0.3) is 0 Å². The fourth-order valence-corrected chi connectivity index (χ4v) is 2.50. The molecule has 2 amide bonds. The molecule has 1 heterocycles. The molecule has 1 atom stereocenters. The molecule has 0 aromatic rings. The van der Waals surface area contributed by atoms with Crippen molar-refractivity contribution < 1.29 is 9.53 Å². The number of carbonyl (C=O) groups excluding carboxylic acids is 1. The van der Waals surface area contributed by atoms with Crippen LogP contribution in [0.2, 0.25) is 0 Å². The summed E-state index contributed by atoms with van der Waals surface area (Å²) in [6, 6.07) is 1.02. The Balaban J connectivity index is 2.38. The number of ether oxygens (including phenoxy) is 1. The smallest absolute Gasteiger partial charge is 0.319 e. The predicted molar refractivity (Wildman–Crippen MR) is 81.9 cm³/mol. The van der Waals surface area contributed by atoms with Gasteiger partial charge in [0, 0.05) is 45.9 Å². The molecule has 1 rings (SSSR count). The Morgan fingerprint density at radius 3 is 2.40 bits per heavy atom. The molecule has 5 heteroatoms. The molecule has 0 aromatic heterocycles. The second-order valence-corrected chi connectivity index (χ2v) is 6.11. The van der Waals surface area contributed by atoms with Crippen molar-refractivity contribution >= 4 is 6.03 Å². The topological polar surface area (TPSA) is 44.8 Å². The van der Waals surface area contributed by atoms with Crippen LogP contribution in [0.4, 0.5) is 4.79 Å². The van der Waals surface area contributed by atoms with Gasteiger partial charge in [-0.15, -0.1) is 0 Å². The molecule has 0 aliphatic carbocycles. The number of hydrogen-bond acceptors (Lipinski definition) is 3. The van der Waals surface area contributed by atoms with Gasteiger partial charge in [-0.25, -0.2) is 4.79 Å². The lowest BCUT2D eigenvalue weighted by molar-refractivity contribution is 0.0951. The first-order valence-electron chi connectivity index (χ1n) is 7.75. The van der Waals surface area contributed by atoms with Crippen LogP contribution in [0, 0.1) is 5.92 Å². The molecular formula is C15H31N3O2. The Hall–Kier alpha value is -0.810. The van der Waals surface area contributed by atoms with Crippen molar-refractivity contribution in [3.8, 4) is 0 Å². The maximum absolute atomic E-state index is 11.9. The summed E-state index contributed by atoms with van der Waals surface area (Å²) in [5, 5.41) is 3.70. The number of rotatable bonds is 6. The van der Waals surface area contributed by atoms with Gasteiger partial charge in [-0.3, -0.25) is 0 Å². The van der Waals surface area contributed by atoms with Crippen LogP contribution in [-0.4, -0.2) is 68.3 Å². The molecule has 1 aliphatic rings. The van der Waals surface area contributed by atoms with Crippen LogP contribution in [0.1, 0.15) is 33.6 Å². The Labute approximate surface area is 123 Å². The van der Waals surface area contributed by atoms with Crippen molar-refractivity contribution in [1.82, 2.24) is 15.1 Å². The lowest BCUT2D eigenvalue weighted by atomic mass is 9.99. The molecular weight excluding hydrogens is 254 g/mol. The highest BCUT2D eigenvalue weighted by Crippen LogP contribution is 2.14. The minimum Gasteiger partial charge on any atom is -0.380 e. The third kappa shape index (κ3) is 5.29. The third-order valence-electron chi connectivity index (χ3n) is 3.90. The lowest BCUT2D eigenvalue weighted by Gasteiger charge is -2.36. The molecule has 1 aliphatic heterocycles. The highest BCUT2D eigenvalue weighted by Gasteiger charge is 2.26. The van der Waals surface area contributed by atoms with Crippen molar-refractivity contribution in [2.75, 3.05) is 40.4 Å². The van der Waals surface area contributed by atoms with E-state index < -0.39 is 0 Å². The molecule has 0 radical (unpaired) electrons. The van der Waals surface area contributed by atoms with Crippen LogP contribution in [0.5, 0.6) is 0 Å². The van der Waals surface area contributed by atoms with E-state index in [0.717, 1.165) is 39.1 Å². The molecule has 1 unspecified atom stereocenters. The standard InChI is InChI=1S/C15H31N3O2/c1-6-20-11-14(12(2)3)16-13-7-9-18(10-8-13)15(19)17(4)5/h12-14,16H,6-11H2,1-5H3. The number of nitrogens with zero attached hydrogens (tertiary/aromatic N) is 2. The Kier molecular flexibility index (Phi) is 7.30. The van der Waals surface area contributed by atoms with Crippen molar-refractivity contribution in [2.24, 2.45) is 5.92 Å². The van der Waals surface area contributed by atoms with Crippen molar-refractivity contribution in [3.63, 3.8) is 0 Å². The summed E-state index contributed by atoms with van der Waals surface area (Å²) in [6.45, 7) is 9.69. The highest BCUT2D eigenvalue weighted by molar-refractivity contribution is 5.73. The predicted octanol–water partition coefficient (Wildman–Crippen LogP) is 1.78. The van der Waals surface area contributed by atoms with Crippen LogP contribution in [0.3, 0.4) is 0 Å². The van der Waals surface area contributed by atoms with Crippen LogP contribution >= 0.6 is 0 Å². The van der Waals surface area contributed by atoms with E-state index in [1.54, 1.807) is 4.90 Å². The molecule has 1 N–H and O–H groups in total. The largest absolute Gasteiger partial charge is 0.380 e. The molecule has 1 saturated heterocycles. The second kappa shape index (κ2) is 8.47. The van der Waals surface area contributed by atoms with Gasteiger partial charge >= 0.3 is 6.03 Å². The van der Waals surface area contributed by atoms with Gasteiger partial charge in [-0.1, -0.05) is 13.8 Å². The number of amides is 2. The van der Waals surface area contributed by atoms with Crippen LogP contribution in [0.15, 0.2) is 0 Å². The number of piperidine rings is 1. The van der Waals surface area contributed by atoms with Gasteiger partial charge in [0.15, 0.2) is 0 Å². The molecule has 1 fully saturated rings. The Morgan fingerprint density at radius 2 is 1.95 bits per heavy atom. The summed E-state index contributed by atoms with van der Waals surface area (Å²) in [4.78, 5) is 15.5. The summed E-state index contributed by atoms with van der Waals surface area (Å²) in [7, 11) is 3.62. The first-order chi connectivity index (χ1) is 9.45. The number of urea groups is 1. The summed E-state index contributed by atoms with van der Waals surface area (Å²) >= 11 is 0. The molecule has 5 nitrogen and oxygen atoms in total. The van der Waals surface area contributed by atoms with Crippen LogP contribution in [-0.2, 0) is 4.74 Å². The fourth-order valence-electron chi connectivity index (χ4n) is 2.50. The Morgan fingerprint density at radius 1 is 1.35 bits per heavy atom. The number of nitrogens with one attached hydrogen (secondary N) is 1. The zero-order chi connectivity index (χ0) is 15.1. The maximum Gasteiger partial charge on any atom is 0.319 e. The third-order valence-corrected chi connectivity index (χ3v) is 3.90. The summed E-state index contributed by atoms with van der Waals surface area (Å²) in [6.07, 6.45) is 2.05. The molecule has 0 bridgehead atoms. The molecule has 0 saturated carbocycles. The fraction of sp³-hybridized carbons (Fsp3) is 0.933. The first-order valence-corrected chi connectivity index (χ1v) is 7.75. The molecule has 118 valence electrons. The monoisotopic (exact) mass is 285 g/mol. The number of likely N-dealkylation sites (tertiary alicyclic amines) is 1. The van der Waals surface area contributed by atoms with Gasteiger partial charge in [0.05, 0.1) is 6.61 Å². The minimum atomic E-state index is 0.123. The summed E-state index contributed by atoms with van der Waals surface area (Å²) < 4.78 is 5.56. The minimum absolute atomic E-state index is 0.123. The van der Waals surface area contributed by atoms with Gasteiger partial charge in [0.2, 0.25) is 0 Å². The number of hydrogen-bond donors (Lipinski definition) is 1. The van der Waals surface area contributed by atoms with E-state index in [4.69, 9.17) is 4.74 Å². The normalized spacial score (nSPS) is 18.4. The van der Waals surface area contributed by atoms with Crippen molar-refractivity contribution in [1.29, 1.82) is 0 Å². The Bertz CT molecular complexity index is 287. The SMILES string of the molecule is CCOCC(NC1CCN(C(=O)N(C)C)CC1)C(C)C. The van der Waals surface area contributed by atoms with Gasteiger partial charge in [0.25, 0.3) is 0 Å². The first kappa shape index (κ1) is 17.2. The van der Waals surface area contributed by atoms with E-state index >= 15 is 0 Å². The van der Waals surface area contributed by atoms with Gasteiger partial charge in [-0.05, 0) is 25.7 Å². The zero-order valence-corrected chi connectivity index (χ0v) is 13.7. The summed E-state index contributed by atoms with van der Waals surface area (Å²) in [5.74, 6) is 0.558. The summed E-state index contributed by atoms with van der Waals surface area (Å²) in [5.41, 5.74) is 0. The van der Waals surface area contributed by atoms with E-state index in [-0.39, 0.29) is 6.03 Å².